The molecule has 0 spiro atoms. The predicted octanol–water partition coefficient (Wildman–Crippen LogP) is 2.90. The van der Waals surface area contributed by atoms with E-state index in [1.165, 1.54) is 25.7 Å². The van der Waals surface area contributed by atoms with Gasteiger partial charge in [-0.1, -0.05) is 63.3 Å². The van der Waals surface area contributed by atoms with Crippen molar-refractivity contribution >= 4 is 17.8 Å². The van der Waals surface area contributed by atoms with Crippen LogP contribution in [0.15, 0.2) is 24.3 Å². The maximum atomic E-state index is 11.8. The first-order valence-corrected chi connectivity index (χ1v) is 14.5. The maximum Gasteiger partial charge on any atom is 0.326 e. The van der Waals surface area contributed by atoms with Crippen LogP contribution in [0.1, 0.15) is 96.8 Å². The van der Waals surface area contributed by atoms with Crippen LogP contribution in [0.25, 0.3) is 0 Å². The normalized spacial score (nSPS) is 12.0. The number of carboxylic acid groups (broad SMARTS) is 1. The quantitative estimate of drug-likeness (QED) is 0.0734. The molecule has 0 saturated heterocycles. The Morgan fingerprint density at radius 2 is 1.28 bits per heavy atom. The highest BCUT2D eigenvalue weighted by Crippen LogP contribution is 2.09. The number of hydrogen-bond donors (Lipinski definition) is 6. The summed E-state index contributed by atoms with van der Waals surface area (Å²) in [5.41, 5.74) is 5.02. The molecule has 0 aliphatic rings. The van der Waals surface area contributed by atoms with E-state index < -0.39 is 17.9 Å². The van der Waals surface area contributed by atoms with E-state index in [9.17, 15) is 14.4 Å². The lowest BCUT2D eigenvalue weighted by Gasteiger charge is -2.17. The third kappa shape index (κ3) is 30.1. The third-order valence-corrected chi connectivity index (χ3v) is 5.92. The zero-order chi connectivity index (χ0) is 29.6. The Morgan fingerprint density at radius 1 is 0.769 bits per heavy atom. The number of allylic oxidation sites excluding steroid dienone is 4. The van der Waals surface area contributed by atoms with Crippen LogP contribution >= 0.6 is 0 Å². The molecule has 0 saturated carbocycles. The second kappa shape index (κ2) is 30.3. The minimum Gasteiger partial charge on any atom is -0.480 e. The summed E-state index contributed by atoms with van der Waals surface area (Å²) in [4.78, 5) is 35.5. The van der Waals surface area contributed by atoms with Gasteiger partial charge in [0.2, 0.25) is 11.8 Å². The molecule has 0 aromatic rings. The fourth-order valence-corrected chi connectivity index (χ4v) is 3.67. The summed E-state index contributed by atoms with van der Waals surface area (Å²) in [6.07, 6.45) is 21.4. The van der Waals surface area contributed by atoms with E-state index in [4.69, 9.17) is 26.2 Å². The lowest BCUT2D eigenvalue weighted by Crippen LogP contribution is -2.41. The molecule has 0 aliphatic carbocycles. The molecule has 0 heterocycles. The second-order valence-corrected chi connectivity index (χ2v) is 9.46. The molecule has 2 amide bonds. The maximum absolute atomic E-state index is 11.8. The highest BCUT2D eigenvalue weighted by Gasteiger charge is 2.20. The van der Waals surface area contributed by atoms with Crippen molar-refractivity contribution in [2.75, 3.05) is 39.5 Å². The average molecular weight is 558 g/mol. The van der Waals surface area contributed by atoms with E-state index in [2.05, 4.69) is 36.5 Å². The number of nitrogens with two attached hydrogens (primary N) is 1. The Labute approximate surface area is 235 Å². The first-order chi connectivity index (χ1) is 18.8. The van der Waals surface area contributed by atoms with E-state index in [-0.39, 0.29) is 38.6 Å². The molecule has 7 N–H and O–H groups in total. The van der Waals surface area contributed by atoms with Gasteiger partial charge in [0, 0.05) is 32.5 Å². The van der Waals surface area contributed by atoms with Gasteiger partial charge in [-0.15, -0.1) is 0 Å². The van der Waals surface area contributed by atoms with E-state index in [1.54, 1.807) is 4.90 Å². The van der Waals surface area contributed by atoms with Crippen molar-refractivity contribution in [2.45, 2.75) is 103 Å². The molecule has 0 aliphatic heterocycles. The number of aliphatic hydroxyl groups is 3. The number of amides is 2. The van der Waals surface area contributed by atoms with E-state index in [0.29, 0.717) is 26.1 Å². The number of nitrogens with zero attached hydrogens (tertiary/aromatic N) is 1. The van der Waals surface area contributed by atoms with Crippen molar-refractivity contribution in [3.8, 4) is 0 Å². The topological polar surface area (TPSA) is 173 Å². The molecule has 0 radical (unpaired) electrons. The van der Waals surface area contributed by atoms with Crippen LogP contribution in [0.4, 0.5) is 0 Å². The fourth-order valence-electron chi connectivity index (χ4n) is 3.67. The van der Waals surface area contributed by atoms with Gasteiger partial charge in [-0.3, -0.25) is 14.5 Å². The lowest BCUT2D eigenvalue weighted by molar-refractivity contribution is -0.142. The summed E-state index contributed by atoms with van der Waals surface area (Å²) in [5, 5.41) is 37.0. The number of rotatable bonds is 25. The van der Waals surface area contributed by atoms with Gasteiger partial charge in [0.1, 0.15) is 6.04 Å². The van der Waals surface area contributed by atoms with Crippen LogP contribution in [-0.2, 0) is 14.4 Å². The summed E-state index contributed by atoms with van der Waals surface area (Å²) in [7, 11) is 0. The summed E-state index contributed by atoms with van der Waals surface area (Å²) >= 11 is 0. The van der Waals surface area contributed by atoms with Crippen LogP contribution in [0.5, 0.6) is 0 Å². The molecule has 39 heavy (non-hydrogen) atoms. The van der Waals surface area contributed by atoms with Gasteiger partial charge >= 0.3 is 5.97 Å². The zero-order valence-electron chi connectivity index (χ0n) is 24.1. The molecule has 0 fully saturated rings. The molecule has 0 aromatic carbocycles. The van der Waals surface area contributed by atoms with Crippen LogP contribution in [-0.4, -0.2) is 88.6 Å². The van der Waals surface area contributed by atoms with Crippen molar-refractivity contribution in [3.63, 3.8) is 0 Å². The number of primary amides is 1. The van der Waals surface area contributed by atoms with E-state index >= 15 is 0 Å². The highest BCUT2D eigenvalue weighted by atomic mass is 16.4. The van der Waals surface area contributed by atoms with E-state index in [1.807, 2.05) is 0 Å². The summed E-state index contributed by atoms with van der Waals surface area (Å²) in [6.45, 7) is 3.97. The lowest BCUT2D eigenvalue weighted by atomic mass is 10.1. The first kappa shape index (κ1) is 38.9. The number of aliphatic carboxylic acids is 1. The van der Waals surface area contributed by atoms with Crippen molar-refractivity contribution < 1.29 is 34.8 Å². The standard InChI is InChI=1S/C23H40N2O4.C6H15NO3/c1-2-3-4-5-6-7-8-9-10-11-12-13-14-15-16-17-22(27)25-20(23(28)29)18-19-21(24)26;8-4-1-7(2-5-9)3-6-10/h6-7,9-10,20H,2-5,8,11-19H2,1H3,(H2,24,26)(H,25,27)(H,28,29);8-10H,1-6H2/b7-6-,10-9-;/t20-;/m0./s1. The summed E-state index contributed by atoms with van der Waals surface area (Å²) in [6, 6.07) is -1.05. The molecule has 0 unspecified atom stereocenters. The van der Waals surface area contributed by atoms with Gasteiger partial charge in [0.05, 0.1) is 19.8 Å². The van der Waals surface area contributed by atoms with E-state index in [0.717, 1.165) is 44.9 Å². The Bertz CT molecular complexity index is 643. The molecular weight excluding hydrogens is 502 g/mol. The Hall–Kier alpha value is -2.27. The number of nitrogens with one attached hydrogen (secondary N) is 1. The largest absolute Gasteiger partial charge is 0.480 e. The van der Waals surface area contributed by atoms with Gasteiger partial charge in [0.15, 0.2) is 0 Å². The Kier molecular flexibility index (Phi) is 30.2. The number of carbonyl (C=O) groups is 3. The predicted molar refractivity (Wildman–Crippen MR) is 155 cm³/mol. The van der Waals surface area contributed by atoms with Gasteiger partial charge < -0.3 is 31.5 Å². The number of carbonyl (C=O) groups excluding carboxylic acids is 2. The molecular formula is C29H55N3O7. The molecule has 1 atom stereocenters. The number of aliphatic hydroxyl groups excluding tert-OH is 3. The van der Waals surface area contributed by atoms with Gasteiger partial charge in [-0.2, -0.15) is 0 Å². The summed E-state index contributed by atoms with van der Waals surface area (Å²) in [5.74, 6) is -1.99. The van der Waals surface area contributed by atoms with Gasteiger partial charge in [-0.05, 0) is 44.9 Å². The molecule has 0 aromatic heterocycles. The SMILES string of the molecule is CCCCC/C=C\C/C=C\CCCCCCCC(=O)N[C@@H](CCC(N)=O)C(=O)O.OCCN(CCO)CCO. The third-order valence-electron chi connectivity index (χ3n) is 5.92. The average Bonchev–Trinajstić information content (AvgIpc) is 2.89. The second-order valence-electron chi connectivity index (χ2n) is 9.46. The Balaban J connectivity index is 0. The van der Waals surface area contributed by atoms with Crippen molar-refractivity contribution in [1.29, 1.82) is 0 Å². The van der Waals surface area contributed by atoms with Crippen LogP contribution in [0.3, 0.4) is 0 Å². The van der Waals surface area contributed by atoms with Crippen LogP contribution in [0, 0.1) is 0 Å². The van der Waals surface area contributed by atoms with Gasteiger partial charge in [-0.25, -0.2) is 4.79 Å². The highest BCUT2D eigenvalue weighted by molar-refractivity contribution is 5.84. The van der Waals surface area contributed by atoms with Crippen molar-refractivity contribution in [2.24, 2.45) is 5.73 Å². The number of carboxylic acids is 1. The van der Waals surface area contributed by atoms with Gasteiger partial charge in [0.25, 0.3) is 0 Å². The Morgan fingerprint density at radius 3 is 1.77 bits per heavy atom. The molecule has 10 heteroatoms. The zero-order valence-corrected chi connectivity index (χ0v) is 24.1. The molecule has 228 valence electrons. The monoisotopic (exact) mass is 557 g/mol. The minimum atomic E-state index is -1.14. The fraction of sp³-hybridized carbons (Fsp3) is 0.759. The smallest absolute Gasteiger partial charge is 0.326 e. The van der Waals surface area contributed by atoms with Crippen molar-refractivity contribution in [3.05, 3.63) is 24.3 Å². The molecule has 0 bridgehead atoms. The van der Waals surface area contributed by atoms with Crippen LogP contribution < -0.4 is 11.1 Å². The van der Waals surface area contributed by atoms with Crippen LogP contribution in [0.2, 0.25) is 0 Å². The molecule has 0 rings (SSSR count). The van der Waals surface area contributed by atoms with Crippen molar-refractivity contribution in [1.82, 2.24) is 10.2 Å². The number of unbranched alkanes of at least 4 members (excludes halogenated alkanes) is 8. The minimum absolute atomic E-state index is 0.0264. The number of hydrogen-bond acceptors (Lipinski definition) is 7. The molecule has 10 nitrogen and oxygen atoms in total. The summed E-state index contributed by atoms with van der Waals surface area (Å²) < 4.78 is 0. The first-order valence-electron chi connectivity index (χ1n) is 14.5.